The number of aromatic nitrogens is 2. The fraction of sp³-hybridized carbons (Fsp3) is 0.571. The first kappa shape index (κ1) is 25.4. The van der Waals surface area contributed by atoms with Gasteiger partial charge in [-0.2, -0.15) is 9.36 Å². The summed E-state index contributed by atoms with van der Waals surface area (Å²) in [5.41, 5.74) is 11.0. The molecule has 0 aliphatic carbocycles. The highest BCUT2D eigenvalue weighted by Crippen LogP contribution is 2.46. The Morgan fingerprint density at radius 2 is 1.97 bits per heavy atom. The Balaban J connectivity index is 1.32. The fourth-order valence-corrected chi connectivity index (χ4v) is 7.45. The first-order valence-electron chi connectivity index (χ1n) is 11.6. The van der Waals surface area contributed by atoms with E-state index in [0.717, 1.165) is 31.2 Å². The zero-order chi connectivity index (χ0) is 26.5. The van der Waals surface area contributed by atoms with Crippen LogP contribution in [0.3, 0.4) is 0 Å². The predicted octanol–water partition coefficient (Wildman–Crippen LogP) is -2.64. The quantitative estimate of drug-likeness (QED) is 0.133. The number of primary amides is 1. The summed E-state index contributed by atoms with van der Waals surface area (Å²) < 4.78 is 4.61. The van der Waals surface area contributed by atoms with Gasteiger partial charge in [-0.1, -0.05) is 5.16 Å². The summed E-state index contributed by atoms with van der Waals surface area (Å²) in [7, 11) is 1.25. The average molecular weight is 551 g/mol. The van der Waals surface area contributed by atoms with Crippen molar-refractivity contribution in [3.8, 4) is 0 Å². The Bertz CT molecular complexity index is 1220. The third-order valence-electron chi connectivity index (χ3n) is 7.82. The minimum absolute atomic E-state index is 0.0447. The number of piperidine rings is 3. The van der Waals surface area contributed by atoms with Crippen molar-refractivity contribution in [2.75, 3.05) is 44.8 Å². The molecule has 14 nitrogen and oxygen atoms in total. The summed E-state index contributed by atoms with van der Waals surface area (Å²) in [6.07, 6.45) is 2.02. The van der Waals surface area contributed by atoms with E-state index in [9.17, 15) is 24.3 Å². The lowest BCUT2D eigenvalue weighted by atomic mass is 9.70. The van der Waals surface area contributed by atoms with Crippen LogP contribution >= 0.6 is 23.3 Å². The molecule has 198 valence electrons. The number of carboxylic acid groups (broad SMARTS) is 1. The monoisotopic (exact) mass is 550 g/mol. The van der Waals surface area contributed by atoms with Crippen LogP contribution < -0.4 is 21.9 Å². The number of amides is 3. The van der Waals surface area contributed by atoms with Crippen LogP contribution in [-0.2, 0) is 24.0 Å². The number of quaternary nitrogens is 1. The number of rotatable bonds is 8. The Morgan fingerprint density at radius 1 is 1.30 bits per heavy atom. The maximum atomic E-state index is 13.1. The summed E-state index contributed by atoms with van der Waals surface area (Å²) in [5, 5.41) is 18.0. The number of hydrogen-bond acceptors (Lipinski definition) is 12. The molecule has 16 heteroatoms. The van der Waals surface area contributed by atoms with Crippen LogP contribution in [0.4, 0.5) is 5.13 Å². The summed E-state index contributed by atoms with van der Waals surface area (Å²) in [6, 6.07) is -0.973. The normalized spacial score (nSPS) is 31.0. The van der Waals surface area contributed by atoms with Gasteiger partial charge in [-0.25, -0.2) is 0 Å². The molecule has 0 spiro atoms. The lowest BCUT2D eigenvalue weighted by molar-refractivity contribution is -0.940. The molecule has 4 saturated heterocycles. The molecule has 6 heterocycles. The number of nitrogens with two attached hydrogens (primary N) is 2. The number of carbonyl (C=O) groups excluding carboxylic acids is 4. The van der Waals surface area contributed by atoms with Crippen molar-refractivity contribution in [3.63, 3.8) is 0 Å². The third kappa shape index (κ3) is 4.21. The van der Waals surface area contributed by atoms with Crippen LogP contribution in [0.1, 0.15) is 25.1 Å². The number of thioether (sulfide) groups is 1. The molecule has 2 bridgehead atoms. The molecule has 6 rings (SSSR count). The molecular weight excluding hydrogens is 524 g/mol. The topological polar surface area (TPSA) is 206 Å². The second kappa shape index (κ2) is 9.25. The van der Waals surface area contributed by atoms with Gasteiger partial charge in [0.15, 0.2) is 5.13 Å². The molecule has 1 aromatic rings. The van der Waals surface area contributed by atoms with Crippen molar-refractivity contribution in [2.45, 2.75) is 30.7 Å². The van der Waals surface area contributed by atoms with E-state index in [1.165, 1.54) is 23.8 Å². The highest BCUT2D eigenvalue weighted by molar-refractivity contribution is 8.00. The highest BCUT2D eigenvalue weighted by atomic mass is 32.2. The van der Waals surface area contributed by atoms with E-state index < -0.39 is 34.6 Å². The van der Waals surface area contributed by atoms with Crippen LogP contribution in [0.2, 0.25) is 0 Å². The van der Waals surface area contributed by atoms with E-state index in [1.807, 2.05) is 0 Å². The van der Waals surface area contributed by atoms with E-state index >= 15 is 0 Å². The van der Waals surface area contributed by atoms with Gasteiger partial charge in [0, 0.05) is 42.1 Å². The second-order valence-electron chi connectivity index (χ2n) is 9.74. The number of nitrogen functional groups attached to an aromatic ring is 1. The Labute approximate surface area is 219 Å². The SMILES string of the molecule is CON=C(C(=O)NC1C(=O)N2C(C(=O)[O-])=C(C[N+]34CCC(C(N)=O)(CC3)CC4)CSC12)c1nsc(N)n1. The van der Waals surface area contributed by atoms with Gasteiger partial charge in [-0.05, 0) is 0 Å². The van der Waals surface area contributed by atoms with Crippen molar-refractivity contribution >= 4 is 57.8 Å². The Hall–Kier alpha value is -3.24. The molecular formula is C21H26N8O6S2. The van der Waals surface area contributed by atoms with Crippen molar-refractivity contribution in [1.29, 1.82) is 0 Å². The Morgan fingerprint density at radius 3 is 2.51 bits per heavy atom. The zero-order valence-electron chi connectivity index (χ0n) is 20.0. The van der Waals surface area contributed by atoms with Gasteiger partial charge in [-0.3, -0.25) is 19.3 Å². The van der Waals surface area contributed by atoms with Crippen LogP contribution in [0.25, 0.3) is 0 Å². The minimum Gasteiger partial charge on any atom is -0.543 e. The molecule has 1 aromatic heterocycles. The number of carbonyl (C=O) groups is 4. The number of anilines is 1. The lowest BCUT2D eigenvalue weighted by Gasteiger charge is -2.55. The van der Waals surface area contributed by atoms with Gasteiger partial charge in [0.25, 0.3) is 11.8 Å². The summed E-state index contributed by atoms with van der Waals surface area (Å²) >= 11 is 2.25. The van der Waals surface area contributed by atoms with Crippen LogP contribution in [0, 0.1) is 5.41 Å². The smallest absolute Gasteiger partial charge is 0.278 e. The van der Waals surface area contributed by atoms with Crippen molar-refractivity contribution < 1.29 is 33.6 Å². The predicted molar refractivity (Wildman–Crippen MR) is 130 cm³/mol. The molecule has 0 radical (unpaired) electrons. The van der Waals surface area contributed by atoms with Crippen molar-refractivity contribution in [1.82, 2.24) is 19.6 Å². The number of nitrogens with one attached hydrogen (secondary N) is 1. The summed E-state index contributed by atoms with van der Waals surface area (Å²) in [4.78, 5) is 60.0. The molecule has 5 aliphatic heterocycles. The van der Waals surface area contributed by atoms with Gasteiger partial charge < -0.3 is 36.0 Å². The van der Waals surface area contributed by atoms with E-state index in [2.05, 4.69) is 19.8 Å². The average Bonchev–Trinajstić information content (AvgIpc) is 3.31. The van der Waals surface area contributed by atoms with E-state index in [1.54, 1.807) is 0 Å². The highest BCUT2D eigenvalue weighted by Gasteiger charge is 2.56. The van der Waals surface area contributed by atoms with Gasteiger partial charge >= 0.3 is 0 Å². The molecule has 5 N–H and O–H groups in total. The molecule has 3 amide bonds. The number of aliphatic carboxylic acids is 1. The van der Waals surface area contributed by atoms with Crippen LogP contribution in [-0.4, -0.2) is 98.6 Å². The largest absolute Gasteiger partial charge is 0.543 e. The number of nitrogens with zero attached hydrogens (tertiary/aromatic N) is 5. The van der Waals surface area contributed by atoms with Crippen molar-refractivity contribution in [3.05, 3.63) is 17.1 Å². The number of hydrogen-bond donors (Lipinski definition) is 3. The van der Waals surface area contributed by atoms with Gasteiger partial charge in [0.1, 0.15) is 25.1 Å². The van der Waals surface area contributed by atoms with E-state index in [0.29, 0.717) is 41.6 Å². The third-order valence-corrected chi connectivity index (χ3v) is 9.70. The Kier molecular flexibility index (Phi) is 6.35. The van der Waals surface area contributed by atoms with Crippen LogP contribution in [0.5, 0.6) is 0 Å². The molecule has 2 unspecified atom stereocenters. The lowest BCUT2D eigenvalue weighted by Crippen LogP contribution is -2.72. The van der Waals surface area contributed by atoms with E-state index in [4.69, 9.17) is 16.3 Å². The number of fused-ring (bicyclic) bond motifs is 4. The molecule has 0 saturated carbocycles. The molecule has 0 aromatic carbocycles. The van der Waals surface area contributed by atoms with Gasteiger partial charge in [0.2, 0.25) is 17.4 Å². The van der Waals surface area contributed by atoms with Gasteiger partial charge in [-0.15, -0.1) is 11.8 Å². The maximum Gasteiger partial charge on any atom is 0.278 e. The van der Waals surface area contributed by atoms with E-state index in [-0.39, 0.29) is 28.3 Å². The maximum absolute atomic E-state index is 13.1. The van der Waals surface area contributed by atoms with Crippen molar-refractivity contribution in [2.24, 2.45) is 16.3 Å². The standard InChI is InChI=1S/C21H26N8O6S2/c1-35-26-11(14-25-20(23)37-27-14)15(30)24-12-16(31)28-13(18(32)33)10(9-36-17(12)28)8-29-5-2-21(3-6-29,4-7-29)19(22)34/h12,17H,2-9H2,1H3,(H5-,22,23,24,25,27,30,32,33,34). The minimum atomic E-state index is -1.43. The zero-order valence-corrected chi connectivity index (χ0v) is 21.6. The fourth-order valence-electron chi connectivity index (χ4n) is 5.68. The molecule has 37 heavy (non-hydrogen) atoms. The number of oxime groups is 1. The summed E-state index contributed by atoms with van der Waals surface area (Å²) in [6.45, 7) is 2.64. The van der Waals surface area contributed by atoms with Gasteiger partial charge in [0.05, 0.1) is 36.7 Å². The first-order chi connectivity index (χ1) is 17.6. The second-order valence-corrected chi connectivity index (χ2v) is 11.6. The molecule has 4 fully saturated rings. The number of carboxylic acids is 1. The molecule has 2 atom stereocenters. The molecule has 5 aliphatic rings. The first-order valence-corrected chi connectivity index (χ1v) is 13.5. The number of β-lactam (4-membered cyclic amide) rings is 1. The van der Waals surface area contributed by atoms with Crippen LogP contribution in [0.15, 0.2) is 16.4 Å². The summed E-state index contributed by atoms with van der Waals surface area (Å²) in [5.74, 6) is -2.68.